The normalized spacial score (nSPS) is 9.95. The Morgan fingerprint density at radius 3 is 2.36 bits per heavy atom. The van der Waals surface area contributed by atoms with Crippen LogP contribution < -0.4 is 10.6 Å². The summed E-state index contributed by atoms with van der Waals surface area (Å²) in [6.07, 6.45) is 1.48. The number of nitrogens with one attached hydrogen (secondary N) is 2. The average Bonchev–Trinajstić information content (AvgIpc) is 2.46. The molecule has 0 spiro atoms. The predicted molar refractivity (Wildman–Crippen MR) is 85.4 cm³/mol. The van der Waals surface area contributed by atoms with E-state index < -0.39 is 20.3 Å². The molecule has 9 heteroatoms. The zero-order valence-electron chi connectivity index (χ0n) is 12.6. The van der Waals surface area contributed by atoms with E-state index in [2.05, 4.69) is 29.0 Å². The van der Waals surface area contributed by atoms with Crippen LogP contribution in [0, 0.1) is 0 Å². The van der Waals surface area contributed by atoms with Crippen LogP contribution >= 0.6 is 19.9 Å². The fourth-order valence-electron chi connectivity index (χ4n) is 1.16. The second-order valence-electron chi connectivity index (χ2n) is 4.01. The molecule has 1 aromatic carbocycles. The van der Waals surface area contributed by atoms with E-state index in [0.717, 1.165) is 0 Å². The van der Waals surface area contributed by atoms with Crippen LogP contribution in [-0.4, -0.2) is 23.9 Å². The van der Waals surface area contributed by atoms with Gasteiger partial charge in [0.15, 0.2) is 0 Å². The molecule has 7 nitrogen and oxygen atoms in total. The molecule has 122 valence electrons. The number of halogens is 1. The van der Waals surface area contributed by atoms with Crippen LogP contribution in [0.15, 0.2) is 18.2 Å². The molecule has 0 aliphatic carbocycles. The first-order chi connectivity index (χ1) is 10.3. The molecule has 0 heterocycles. The number of rotatable bonds is 4. The number of anilines is 1. The topological polar surface area (TPSA) is 105 Å². The van der Waals surface area contributed by atoms with Crippen molar-refractivity contribution in [3.8, 4) is 0 Å². The lowest BCUT2D eigenvalue weighted by molar-refractivity contribution is 0.0964. The third-order valence-corrected chi connectivity index (χ3v) is 2.91. The molecule has 0 aliphatic heterocycles. The minimum atomic E-state index is -3.07. The lowest BCUT2D eigenvalue weighted by Crippen LogP contribution is -2.21. The molecule has 0 aromatic heterocycles. The van der Waals surface area contributed by atoms with Crippen molar-refractivity contribution >= 4 is 37.5 Å². The van der Waals surface area contributed by atoms with Gasteiger partial charge in [0, 0.05) is 16.6 Å². The minimum Gasteiger partial charge on any atom is -0.355 e. The van der Waals surface area contributed by atoms with Gasteiger partial charge < -0.3 is 5.32 Å². The maximum Gasteiger partial charge on any atom is 0.752 e. The fourth-order valence-corrected chi connectivity index (χ4v) is 1.52. The van der Waals surface area contributed by atoms with Crippen LogP contribution in [0.25, 0.3) is 0 Å². The Kier molecular flexibility index (Phi) is 10.1. The second-order valence-corrected chi connectivity index (χ2v) is 5.11. The number of carbonyl (C=O) groups excluding carboxylic acids is 2. The lowest BCUT2D eigenvalue weighted by Gasteiger charge is -2.08. The zero-order valence-corrected chi connectivity index (χ0v) is 14.2. The minimum absolute atomic E-state index is 0.0729. The number of hydrogen-bond donors (Lipinski definition) is 3. The Hall–Kier alpha value is -1.69. The van der Waals surface area contributed by atoms with Crippen LogP contribution in [0.5, 0.6) is 0 Å². The highest BCUT2D eigenvalue weighted by Gasteiger charge is 2.22. The summed E-state index contributed by atoms with van der Waals surface area (Å²) >= 11 is 5.72. The maximum absolute atomic E-state index is 11.5. The van der Waals surface area contributed by atoms with Gasteiger partial charge >= 0.3 is 14.3 Å². The summed E-state index contributed by atoms with van der Waals surface area (Å²) in [6, 6.07) is 4.18. The average molecular weight is 350 g/mol. The van der Waals surface area contributed by atoms with E-state index in [0.29, 0.717) is 0 Å². The van der Waals surface area contributed by atoms with Gasteiger partial charge in [-0.2, -0.15) is 4.52 Å². The van der Waals surface area contributed by atoms with Crippen LogP contribution in [0.1, 0.15) is 37.0 Å². The Bertz CT molecular complexity index is 537. The van der Waals surface area contributed by atoms with Crippen molar-refractivity contribution in [2.45, 2.75) is 26.7 Å². The van der Waals surface area contributed by atoms with Crippen molar-refractivity contribution in [3.63, 3.8) is 0 Å². The summed E-state index contributed by atoms with van der Waals surface area (Å²) < 4.78 is 14.3. The van der Waals surface area contributed by atoms with Gasteiger partial charge in [0.05, 0.1) is 11.3 Å². The van der Waals surface area contributed by atoms with Crippen LogP contribution in [0.3, 0.4) is 0 Å². The highest BCUT2D eigenvalue weighted by Crippen LogP contribution is 2.23. The van der Waals surface area contributed by atoms with E-state index in [4.69, 9.17) is 16.5 Å². The molecule has 1 aromatic rings. The van der Waals surface area contributed by atoms with Crippen molar-refractivity contribution in [2.24, 2.45) is 0 Å². The summed E-state index contributed by atoms with van der Waals surface area (Å²) in [5, 5.41) is 4.81. The van der Waals surface area contributed by atoms with Gasteiger partial charge in [-0.05, 0) is 18.2 Å². The smallest absolute Gasteiger partial charge is 0.355 e. The van der Waals surface area contributed by atoms with E-state index in [-0.39, 0.29) is 16.3 Å². The molecule has 0 fully saturated rings. The third kappa shape index (κ3) is 7.93. The van der Waals surface area contributed by atoms with Gasteiger partial charge in [0.1, 0.15) is 0 Å². The molecule has 1 rings (SSSR count). The molecular formula is C13H19ClN2O5P+. The Morgan fingerprint density at radius 1 is 1.32 bits per heavy atom. The van der Waals surface area contributed by atoms with Gasteiger partial charge in [-0.15, -0.1) is 4.89 Å². The molecule has 0 radical (unpaired) electrons. The Labute approximate surface area is 135 Å². The second kappa shape index (κ2) is 11.0. The molecule has 22 heavy (non-hydrogen) atoms. The fraction of sp³-hybridized carbons (Fsp3) is 0.385. The van der Waals surface area contributed by atoms with E-state index >= 15 is 0 Å². The molecule has 1 unspecified atom stereocenters. The molecule has 0 bridgehead atoms. The first kappa shape index (κ1) is 20.3. The van der Waals surface area contributed by atoms with E-state index in [9.17, 15) is 14.2 Å². The van der Waals surface area contributed by atoms with Crippen molar-refractivity contribution in [1.82, 2.24) is 5.32 Å². The number of amides is 2. The molecule has 3 N–H and O–H groups in total. The standard InChI is InChI=1S/C9H8ClN2O5P.C4H10/c1-11-8(13)6-3-2-5(10)4-7(6)12-9(14)17-18(15)16;1-3-4-2/h2-4H,1H3,(H2-,11,12,13,14,15,16);3-4H2,1-2H3/p+1. The van der Waals surface area contributed by atoms with Gasteiger partial charge in [0.2, 0.25) is 0 Å². The third-order valence-electron chi connectivity index (χ3n) is 2.35. The highest BCUT2D eigenvalue weighted by atomic mass is 35.5. The molecule has 0 aliphatic rings. The van der Waals surface area contributed by atoms with Gasteiger partial charge in [0.25, 0.3) is 5.91 Å². The summed E-state index contributed by atoms with van der Waals surface area (Å²) in [4.78, 5) is 31.0. The van der Waals surface area contributed by atoms with E-state index in [1.807, 2.05) is 0 Å². The van der Waals surface area contributed by atoms with E-state index in [1.54, 1.807) is 0 Å². The molecule has 1 atom stereocenters. The monoisotopic (exact) mass is 349 g/mol. The molecule has 0 saturated carbocycles. The Morgan fingerprint density at radius 2 is 1.91 bits per heavy atom. The molecule has 2 amide bonds. The molecule has 0 saturated heterocycles. The number of hydrogen-bond acceptors (Lipinski definition) is 4. The number of benzene rings is 1. The maximum atomic E-state index is 11.5. The van der Waals surface area contributed by atoms with Crippen LogP contribution in [0.2, 0.25) is 5.02 Å². The van der Waals surface area contributed by atoms with Gasteiger partial charge in [-0.3, -0.25) is 10.1 Å². The Balaban J connectivity index is 0.000000980. The van der Waals surface area contributed by atoms with Crippen molar-refractivity contribution < 1.29 is 23.6 Å². The summed E-state index contributed by atoms with van der Waals surface area (Å²) in [6.45, 7) is 4.36. The van der Waals surface area contributed by atoms with Crippen LogP contribution in [-0.2, 0) is 9.09 Å². The number of carbonyl (C=O) groups is 2. The zero-order chi connectivity index (χ0) is 17.1. The summed E-state index contributed by atoms with van der Waals surface area (Å²) in [7, 11) is -1.65. The first-order valence-electron chi connectivity index (χ1n) is 6.52. The predicted octanol–water partition coefficient (Wildman–Crippen LogP) is 3.70. The highest BCUT2D eigenvalue weighted by molar-refractivity contribution is 7.32. The lowest BCUT2D eigenvalue weighted by atomic mass is 10.1. The summed E-state index contributed by atoms with van der Waals surface area (Å²) in [5.41, 5.74) is 0.218. The first-order valence-corrected chi connectivity index (χ1v) is 8.03. The van der Waals surface area contributed by atoms with Crippen molar-refractivity contribution in [3.05, 3.63) is 28.8 Å². The van der Waals surface area contributed by atoms with Gasteiger partial charge in [-0.25, -0.2) is 4.79 Å². The van der Waals surface area contributed by atoms with E-state index in [1.165, 1.54) is 38.1 Å². The summed E-state index contributed by atoms with van der Waals surface area (Å²) in [5.74, 6) is -0.449. The van der Waals surface area contributed by atoms with Crippen LogP contribution in [0.4, 0.5) is 10.5 Å². The van der Waals surface area contributed by atoms with Crippen molar-refractivity contribution in [2.75, 3.05) is 12.4 Å². The molecular weight excluding hydrogens is 331 g/mol. The van der Waals surface area contributed by atoms with Gasteiger partial charge in [-0.1, -0.05) is 38.3 Å². The SMILES string of the molecule is CCCC.CNC(=O)c1ccc(Cl)cc1NC(=O)O[P+](=O)O. The number of unbranched alkanes of at least 4 members (excludes halogenated alkanes) is 1. The quantitative estimate of drug-likeness (QED) is 0.719. The largest absolute Gasteiger partial charge is 0.752 e. The van der Waals surface area contributed by atoms with Crippen molar-refractivity contribution in [1.29, 1.82) is 0 Å².